The molecule has 0 N–H and O–H groups in total. The zero-order chi connectivity index (χ0) is 48.1. The maximum Gasteiger partial charge on any atom is 0.252 e. The molecule has 10 aromatic carbocycles. The number of benzene rings is 10. The summed E-state index contributed by atoms with van der Waals surface area (Å²) in [7, 11) is 0. The molecule has 0 saturated carbocycles. The maximum absolute atomic E-state index is 6.63. The molecule has 0 unspecified atom stereocenters. The van der Waals surface area contributed by atoms with Crippen LogP contribution in [0.15, 0.2) is 245 Å². The second-order valence-electron chi connectivity index (χ2n) is 20.2. The van der Waals surface area contributed by atoms with E-state index in [1.807, 2.05) is 24.3 Å². The van der Waals surface area contributed by atoms with Crippen molar-refractivity contribution in [2.75, 3.05) is 14.7 Å². The van der Waals surface area contributed by atoms with E-state index in [0.29, 0.717) is 0 Å². The van der Waals surface area contributed by atoms with E-state index < -0.39 is 0 Å². The van der Waals surface area contributed by atoms with E-state index in [4.69, 9.17) is 8.83 Å². The van der Waals surface area contributed by atoms with Crippen molar-refractivity contribution >= 4 is 107 Å². The van der Waals surface area contributed by atoms with Gasteiger partial charge in [0.05, 0.1) is 5.69 Å². The number of anilines is 9. The van der Waals surface area contributed by atoms with E-state index in [9.17, 15) is 0 Å². The number of furan rings is 2. The number of fused-ring (bicyclic) bond motifs is 7. The van der Waals surface area contributed by atoms with Gasteiger partial charge in [-0.2, -0.15) is 0 Å². The molecule has 4 heterocycles. The molecule has 2 aliphatic heterocycles. The zero-order valence-electron chi connectivity index (χ0n) is 40.3. The molecule has 6 heteroatoms. The molecule has 0 amide bonds. The summed E-state index contributed by atoms with van der Waals surface area (Å²) in [5.41, 5.74) is 18.5. The molecule has 0 radical (unpaired) electrons. The van der Waals surface area contributed by atoms with E-state index in [1.54, 1.807) is 0 Å². The van der Waals surface area contributed by atoms with Crippen molar-refractivity contribution in [3.05, 3.63) is 242 Å². The molecule has 2 aromatic heterocycles. The molecule has 12 aromatic rings. The Labute approximate surface area is 419 Å². The highest BCUT2D eigenvalue weighted by atomic mass is 16.3. The Kier molecular flexibility index (Phi) is 9.49. The van der Waals surface area contributed by atoms with E-state index in [0.717, 1.165) is 95.8 Å². The fourth-order valence-electron chi connectivity index (χ4n) is 11.3. The molecular weight excluding hydrogens is 878 g/mol. The molecule has 0 bridgehead atoms. The summed E-state index contributed by atoms with van der Waals surface area (Å²) in [5.74, 6) is 1.65. The second-order valence-corrected chi connectivity index (χ2v) is 20.2. The lowest BCUT2D eigenvalue weighted by Gasteiger charge is -2.45. The average molecular weight is 926 g/mol. The molecule has 0 spiro atoms. The van der Waals surface area contributed by atoms with Gasteiger partial charge in [-0.1, -0.05) is 160 Å². The summed E-state index contributed by atoms with van der Waals surface area (Å²) in [5, 5.41) is 4.53. The Morgan fingerprint density at radius 3 is 1.64 bits per heavy atom. The van der Waals surface area contributed by atoms with Crippen molar-refractivity contribution in [1.29, 1.82) is 0 Å². The van der Waals surface area contributed by atoms with Crippen LogP contribution in [-0.2, 0) is 5.41 Å². The quantitative estimate of drug-likeness (QED) is 0.149. The molecule has 0 atom stereocenters. The number of hydrogen-bond acceptors (Lipinski definition) is 5. The third-order valence-corrected chi connectivity index (χ3v) is 14.7. The first kappa shape index (κ1) is 41.9. The van der Waals surface area contributed by atoms with Crippen molar-refractivity contribution < 1.29 is 8.83 Å². The van der Waals surface area contributed by atoms with Gasteiger partial charge in [0, 0.05) is 67.4 Å². The molecule has 0 aliphatic carbocycles. The topological polar surface area (TPSA) is 36.0 Å². The number of para-hydroxylation sites is 4. The fraction of sp³-hybridized carbons (Fsp3) is 0.0606. The SMILES string of the molecule is CC(C)(C)c1ccc(N(c2cc3c4c(c2)N(c2cccc(-c5cc6ccccc6o5)c2)c2cc(-c5cc6ccccc6o5)ccc2B4c2ccccc2N3c2ccccc2)c2ccc3ccccc3c2)cc1. The molecule has 0 saturated heterocycles. The van der Waals surface area contributed by atoms with Gasteiger partial charge < -0.3 is 23.5 Å². The van der Waals surface area contributed by atoms with Crippen molar-refractivity contribution in [3.63, 3.8) is 0 Å². The monoisotopic (exact) mass is 925 g/mol. The lowest BCUT2D eigenvalue weighted by atomic mass is 9.33. The van der Waals surface area contributed by atoms with Gasteiger partial charge >= 0.3 is 0 Å². The van der Waals surface area contributed by atoms with E-state index in [2.05, 4.69) is 248 Å². The highest BCUT2D eigenvalue weighted by molar-refractivity contribution is 7.00. The van der Waals surface area contributed by atoms with Gasteiger partial charge in [0.1, 0.15) is 22.7 Å². The van der Waals surface area contributed by atoms with Crippen LogP contribution < -0.4 is 31.1 Å². The first-order valence-electron chi connectivity index (χ1n) is 24.8. The standard InChI is InChI=1S/C66H48BN3O2/c1-66(2,3)49-30-33-51(34-31-49)68(53-32-28-43-16-7-8-17-44(43)36-53)54-41-59-65-60(42-54)70(52-23-15-20-45(37-52)63-39-46-18-9-13-26-61(46)71-63)58-38-48(64-40-47-19-10-14-27-62(47)72-64)29-35-56(58)67(65)55-24-11-12-25-57(55)69(59)50-21-5-4-6-22-50/h4-42H,1-3H3. The van der Waals surface area contributed by atoms with Crippen LogP contribution in [0.4, 0.5) is 51.2 Å². The average Bonchev–Trinajstić information content (AvgIpc) is 4.07. The van der Waals surface area contributed by atoms with E-state index >= 15 is 0 Å². The van der Waals surface area contributed by atoms with Crippen molar-refractivity contribution in [2.24, 2.45) is 0 Å². The summed E-state index contributed by atoms with van der Waals surface area (Å²) in [6.07, 6.45) is 0. The summed E-state index contributed by atoms with van der Waals surface area (Å²) >= 11 is 0. The van der Waals surface area contributed by atoms with Gasteiger partial charge in [-0.3, -0.25) is 0 Å². The van der Waals surface area contributed by atoms with Gasteiger partial charge in [-0.05, 0) is 135 Å². The minimum Gasteiger partial charge on any atom is -0.456 e. The van der Waals surface area contributed by atoms with Crippen LogP contribution in [0.5, 0.6) is 0 Å². The Bertz CT molecular complexity index is 4010. The highest BCUT2D eigenvalue weighted by Crippen LogP contribution is 2.49. The Morgan fingerprint density at radius 1 is 0.375 bits per heavy atom. The van der Waals surface area contributed by atoms with Crippen LogP contribution in [0.1, 0.15) is 26.3 Å². The lowest BCUT2D eigenvalue weighted by molar-refractivity contribution is 0.590. The fourth-order valence-corrected chi connectivity index (χ4v) is 11.3. The first-order chi connectivity index (χ1) is 35.3. The van der Waals surface area contributed by atoms with Crippen molar-refractivity contribution in [2.45, 2.75) is 26.2 Å². The van der Waals surface area contributed by atoms with Crippen LogP contribution in [0.25, 0.3) is 55.4 Å². The van der Waals surface area contributed by atoms with Crippen LogP contribution >= 0.6 is 0 Å². The van der Waals surface area contributed by atoms with E-state index in [-0.39, 0.29) is 12.1 Å². The van der Waals surface area contributed by atoms with E-state index in [1.165, 1.54) is 32.7 Å². The van der Waals surface area contributed by atoms with Crippen LogP contribution in [-0.4, -0.2) is 6.71 Å². The van der Waals surface area contributed by atoms with Crippen molar-refractivity contribution in [3.8, 4) is 22.6 Å². The molecule has 0 fully saturated rings. The summed E-state index contributed by atoms with van der Waals surface area (Å²) in [4.78, 5) is 7.41. The summed E-state index contributed by atoms with van der Waals surface area (Å²) in [6.45, 7) is 6.74. The van der Waals surface area contributed by atoms with Gasteiger partial charge in [-0.15, -0.1) is 0 Å². The molecule has 72 heavy (non-hydrogen) atoms. The molecule has 5 nitrogen and oxygen atoms in total. The minimum atomic E-state index is -0.0880. The number of hydrogen-bond donors (Lipinski definition) is 0. The maximum atomic E-state index is 6.63. The van der Waals surface area contributed by atoms with Gasteiger partial charge in [-0.25, -0.2) is 0 Å². The minimum absolute atomic E-state index is 0.00703. The third kappa shape index (κ3) is 6.86. The lowest BCUT2D eigenvalue weighted by Crippen LogP contribution is -2.61. The predicted octanol–water partition coefficient (Wildman–Crippen LogP) is 16.5. The van der Waals surface area contributed by atoms with Crippen LogP contribution in [0.2, 0.25) is 0 Å². The number of rotatable bonds is 7. The van der Waals surface area contributed by atoms with Gasteiger partial charge in [0.15, 0.2) is 0 Å². The second kappa shape index (κ2) is 16.3. The Hall–Kier alpha value is -9.00. The molecule has 2 aliphatic rings. The van der Waals surface area contributed by atoms with Crippen molar-refractivity contribution in [1.82, 2.24) is 0 Å². The smallest absolute Gasteiger partial charge is 0.252 e. The zero-order valence-corrected chi connectivity index (χ0v) is 40.3. The van der Waals surface area contributed by atoms with Crippen LogP contribution in [0, 0.1) is 0 Å². The van der Waals surface area contributed by atoms with Crippen LogP contribution in [0.3, 0.4) is 0 Å². The highest BCUT2D eigenvalue weighted by Gasteiger charge is 2.44. The third-order valence-electron chi connectivity index (χ3n) is 14.7. The number of nitrogens with zero attached hydrogens (tertiary/aromatic N) is 3. The largest absolute Gasteiger partial charge is 0.456 e. The first-order valence-corrected chi connectivity index (χ1v) is 24.8. The predicted molar refractivity (Wildman–Crippen MR) is 302 cm³/mol. The Morgan fingerprint density at radius 2 is 0.944 bits per heavy atom. The molecule has 14 rings (SSSR count). The Balaban J connectivity index is 1.08. The summed E-state index contributed by atoms with van der Waals surface area (Å²) in [6, 6.07) is 85.9. The molecule has 342 valence electrons. The summed E-state index contributed by atoms with van der Waals surface area (Å²) < 4.78 is 13.2. The normalized spacial score (nSPS) is 12.8. The molecular formula is C66H48BN3O2. The van der Waals surface area contributed by atoms with Gasteiger partial charge in [0.2, 0.25) is 0 Å². The van der Waals surface area contributed by atoms with Gasteiger partial charge in [0.25, 0.3) is 6.71 Å².